The van der Waals surface area contributed by atoms with Crippen molar-refractivity contribution in [3.63, 3.8) is 0 Å². The average Bonchev–Trinajstić information content (AvgIpc) is 3.31. The highest BCUT2D eigenvalue weighted by molar-refractivity contribution is 5.91. The summed E-state index contributed by atoms with van der Waals surface area (Å²) in [6, 6.07) is 9.12. The molecule has 30 heavy (non-hydrogen) atoms. The lowest BCUT2D eigenvalue weighted by Gasteiger charge is -2.32. The highest BCUT2D eigenvalue weighted by Gasteiger charge is 2.31. The lowest BCUT2D eigenvalue weighted by Crippen LogP contribution is -2.44. The van der Waals surface area contributed by atoms with Crippen molar-refractivity contribution < 1.29 is 23.5 Å². The van der Waals surface area contributed by atoms with Crippen LogP contribution in [-0.4, -0.2) is 43.0 Å². The number of likely N-dealkylation sites (tertiary alicyclic amines) is 1. The maximum absolute atomic E-state index is 13.0. The number of furan rings is 1. The Kier molecular flexibility index (Phi) is 5.97. The minimum atomic E-state index is -0.116. The van der Waals surface area contributed by atoms with Crippen molar-refractivity contribution in [2.45, 2.75) is 32.7 Å². The Morgan fingerprint density at radius 2 is 1.80 bits per heavy atom. The Labute approximate surface area is 176 Å². The molecule has 0 aliphatic carbocycles. The molecule has 160 valence electrons. The summed E-state index contributed by atoms with van der Waals surface area (Å²) in [5, 5.41) is 3.22. The zero-order valence-electron chi connectivity index (χ0n) is 17.4. The molecule has 0 unspecified atom stereocenters. The van der Waals surface area contributed by atoms with Gasteiger partial charge in [-0.1, -0.05) is 19.9 Å². The lowest BCUT2D eigenvalue weighted by molar-refractivity contribution is -0.127. The minimum Gasteiger partial charge on any atom is -0.486 e. The van der Waals surface area contributed by atoms with E-state index < -0.39 is 0 Å². The largest absolute Gasteiger partial charge is 0.486 e. The lowest BCUT2D eigenvalue weighted by atomic mass is 9.92. The van der Waals surface area contributed by atoms with Gasteiger partial charge >= 0.3 is 0 Å². The van der Waals surface area contributed by atoms with Crippen LogP contribution in [0.2, 0.25) is 0 Å². The molecule has 2 aromatic rings. The summed E-state index contributed by atoms with van der Waals surface area (Å²) in [6.07, 6.45) is 2.78. The van der Waals surface area contributed by atoms with Crippen LogP contribution in [0.4, 0.5) is 0 Å². The van der Waals surface area contributed by atoms with Crippen molar-refractivity contribution in [2.24, 2.45) is 11.8 Å². The van der Waals surface area contributed by atoms with Crippen molar-refractivity contribution in [3.05, 3.63) is 47.9 Å². The first kappa shape index (κ1) is 20.3. The second kappa shape index (κ2) is 8.81. The van der Waals surface area contributed by atoms with Gasteiger partial charge in [0, 0.05) is 19.0 Å². The molecule has 1 atom stereocenters. The van der Waals surface area contributed by atoms with Crippen LogP contribution >= 0.6 is 0 Å². The number of nitrogens with one attached hydrogen (secondary N) is 1. The zero-order valence-corrected chi connectivity index (χ0v) is 17.4. The number of hydrogen-bond donors (Lipinski definition) is 1. The van der Waals surface area contributed by atoms with E-state index in [1.54, 1.807) is 17.0 Å². The van der Waals surface area contributed by atoms with E-state index in [4.69, 9.17) is 13.9 Å². The van der Waals surface area contributed by atoms with Crippen LogP contribution in [-0.2, 0) is 4.79 Å². The number of rotatable bonds is 5. The quantitative estimate of drug-likeness (QED) is 0.814. The maximum Gasteiger partial charge on any atom is 0.289 e. The molecular weight excluding hydrogens is 384 g/mol. The second-order valence-corrected chi connectivity index (χ2v) is 8.18. The van der Waals surface area contributed by atoms with E-state index in [-0.39, 0.29) is 29.7 Å². The van der Waals surface area contributed by atoms with Crippen molar-refractivity contribution in [2.75, 3.05) is 26.3 Å². The van der Waals surface area contributed by atoms with Gasteiger partial charge in [0.05, 0.1) is 12.3 Å². The molecular formula is C23H28N2O5. The molecule has 3 heterocycles. The second-order valence-electron chi connectivity index (χ2n) is 8.18. The number of fused-ring (bicyclic) bond motifs is 1. The molecule has 0 spiro atoms. The number of piperidine rings is 1. The van der Waals surface area contributed by atoms with Gasteiger partial charge in [0.25, 0.3) is 5.91 Å². The van der Waals surface area contributed by atoms with E-state index in [1.807, 2.05) is 18.2 Å². The predicted octanol–water partition coefficient (Wildman–Crippen LogP) is 3.42. The highest BCUT2D eigenvalue weighted by Crippen LogP contribution is 2.34. The topological polar surface area (TPSA) is 81.0 Å². The minimum absolute atomic E-state index is 0.0358. The molecule has 1 saturated heterocycles. The van der Waals surface area contributed by atoms with E-state index >= 15 is 0 Å². The molecule has 4 rings (SSSR count). The van der Waals surface area contributed by atoms with Gasteiger partial charge in [0.15, 0.2) is 17.3 Å². The molecule has 7 heteroatoms. The van der Waals surface area contributed by atoms with E-state index in [0.717, 1.165) is 17.1 Å². The van der Waals surface area contributed by atoms with Gasteiger partial charge in [-0.25, -0.2) is 0 Å². The van der Waals surface area contributed by atoms with Crippen molar-refractivity contribution in [3.8, 4) is 11.5 Å². The fraction of sp³-hybridized carbons (Fsp3) is 0.478. The number of nitrogens with zero attached hydrogens (tertiary/aromatic N) is 1. The summed E-state index contributed by atoms with van der Waals surface area (Å²) in [4.78, 5) is 27.2. The van der Waals surface area contributed by atoms with Gasteiger partial charge in [-0.05, 0) is 48.6 Å². The maximum atomic E-state index is 13.0. The van der Waals surface area contributed by atoms with Gasteiger partial charge in [-0.3, -0.25) is 9.59 Å². The molecule has 7 nitrogen and oxygen atoms in total. The third-order valence-electron chi connectivity index (χ3n) is 5.77. The Morgan fingerprint density at radius 3 is 2.47 bits per heavy atom. The van der Waals surface area contributed by atoms with Gasteiger partial charge in [0.1, 0.15) is 13.2 Å². The standard InChI is InChI=1S/C23H28N2O5/c1-15(2)21(17-5-6-18-20(14-17)30-13-12-29-18)24-22(26)16-7-9-25(10-8-16)23(27)19-4-3-11-28-19/h3-6,11,14-16,21H,7-10,12-13H2,1-2H3,(H,24,26)/t21-/m0/s1. The van der Waals surface area contributed by atoms with E-state index in [2.05, 4.69) is 19.2 Å². The summed E-state index contributed by atoms with van der Waals surface area (Å²) in [7, 11) is 0. The summed E-state index contributed by atoms with van der Waals surface area (Å²) in [6.45, 7) is 6.36. The number of carbonyl (C=O) groups excluding carboxylic acids is 2. The van der Waals surface area contributed by atoms with Crippen LogP contribution in [0.3, 0.4) is 0 Å². The fourth-order valence-electron chi connectivity index (χ4n) is 4.06. The molecule has 2 amide bonds. The molecule has 1 aromatic carbocycles. The SMILES string of the molecule is CC(C)[C@H](NC(=O)C1CCN(C(=O)c2ccco2)CC1)c1ccc2c(c1)OCCO2. The Morgan fingerprint density at radius 1 is 1.07 bits per heavy atom. The van der Waals surface area contributed by atoms with Crippen molar-refractivity contribution >= 4 is 11.8 Å². The first-order valence-corrected chi connectivity index (χ1v) is 10.6. The Balaban J connectivity index is 1.38. The molecule has 0 saturated carbocycles. The molecule has 1 aromatic heterocycles. The fourth-order valence-corrected chi connectivity index (χ4v) is 4.06. The number of hydrogen-bond acceptors (Lipinski definition) is 5. The number of carbonyl (C=O) groups is 2. The number of amides is 2. The van der Waals surface area contributed by atoms with Crippen LogP contribution in [0.15, 0.2) is 41.0 Å². The molecule has 0 radical (unpaired) electrons. The Bertz CT molecular complexity index is 885. The monoisotopic (exact) mass is 412 g/mol. The molecule has 2 aliphatic heterocycles. The summed E-state index contributed by atoms with van der Waals surface area (Å²) in [5.41, 5.74) is 1.01. The summed E-state index contributed by atoms with van der Waals surface area (Å²) < 4.78 is 16.5. The average molecular weight is 412 g/mol. The highest BCUT2D eigenvalue weighted by atomic mass is 16.6. The summed E-state index contributed by atoms with van der Waals surface area (Å²) in [5.74, 6) is 1.84. The van der Waals surface area contributed by atoms with Crippen molar-refractivity contribution in [1.29, 1.82) is 0 Å². The third-order valence-corrected chi connectivity index (χ3v) is 5.77. The predicted molar refractivity (Wildman–Crippen MR) is 110 cm³/mol. The van der Waals surface area contributed by atoms with Gasteiger partial charge < -0.3 is 24.1 Å². The van der Waals surface area contributed by atoms with Gasteiger partial charge in [-0.2, -0.15) is 0 Å². The van der Waals surface area contributed by atoms with Crippen LogP contribution < -0.4 is 14.8 Å². The van der Waals surface area contributed by atoms with E-state index in [0.29, 0.717) is 44.9 Å². The molecule has 1 N–H and O–H groups in total. The van der Waals surface area contributed by atoms with Crippen molar-refractivity contribution in [1.82, 2.24) is 10.2 Å². The normalized spacial score (nSPS) is 17.6. The van der Waals surface area contributed by atoms with Crippen LogP contribution in [0, 0.1) is 11.8 Å². The van der Waals surface area contributed by atoms with Crippen LogP contribution in [0.25, 0.3) is 0 Å². The van der Waals surface area contributed by atoms with Crippen LogP contribution in [0.5, 0.6) is 11.5 Å². The number of benzene rings is 1. The Hall–Kier alpha value is -2.96. The first-order chi connectivity index (χ1) is 14.5. The van der Waals surface area contributed by atoms with Gasteiger partial charge in [-0.15, -0.1) is 0 Å². The summed E-state index contributed by atoms with van der Waals surface area (Å²) >= 11 is 0. The zero-order chi connectivity index (χ0) is 21.1. The smallest absolute Gasteiger partial charge is 0.289 e. The van der Waals surface area contributed by atoms with E-state index in [1.165, 1.54) is 6.26 Å². The first-order valence-electron chi connectivity index (χ1n) is 10.6. The number of ether oxygens (including phenoxy) is 2. The molecule has 1 fully saturated rings. The third kappa shape index (κ3) is 4.30. The molecule has 0 bridgehead atoms. The molecule has 2 aliphatic rings. The van der Waals surface area contributed by atoms with Gasteiger partial charge in [0.2, 0.25) is 5.91 Å². The van der Waals surface area contributed by atoms with E-state index in [9.17, 15) is 9.59 Å². The van der Waals surface area contributed by atoms with Crippen LogP contribution in [0.1, 0.15) is 48.8 Å².